The van der Waals surface area contributed by atoms with Crippen LogP contribution in [0.25, 0.3) is 28.1 Å². The lowest BCUT2D eigenvalue weighted by Gasteiger charge is -2.30. The first-order valence-electron chi connectivity index (χ1n) is 9.78. The zero-order chi connectivity index (χ0) is 21.8. The van der Waals surface area contributed by atoms with Crippen LogP contribution in [0.2, 0.25) is 0 Å². The molecule has 1 aliphatic rings. The van der Waals surface area contributed by atoms with Crippen molar-refractivity contribution in [2.75, 3.05) is 13.1 Å². The van der Waals surface area contributed by atoms with Crippen LogP contribution >= 0.6 is 0 Å². The molecule has 1 fully saturated rings. The van der Waals surface area contributed by atoms with Crippen molar-refractivity contribution in [2.24, 2.45) is 5.73 Å². The highest BCUT2D eigenvalue weighted by Crippen LogP contribution is 2.39. The van der Waals surface area contributed by atoms with Crippen molar-refractivity contribution in [2.45, 2.75) is 24.7 Å². The van der Waals surface area contributed by atoms with E-state index in [1.165, 1.54) is 33.7 Å². The van der Waals surface area contributed by atoms with Crippen molar-refractivity contribution in [3.63, 3.8) is 0 Å². The minimum absolute atomic E-state index is 0.0575. The quantitative estimate of drug-likeness (QED) is 0.502. The second kappa shape index (κ2) is 7.24. The summed E-state index contributed by atoms with van der Waals surface area (Å²) in [4.78, 5) is 5.68. The van der Waals surface area contributed by atoms with E-state index in [9.17, 15) is 17.6 Å². The molecule has 0 radical (unpaired) electrons. The van der Waals surface area contributed by atoms with Gasteiger partial charge in [0.25, 0.3) is 0 Å². The first kappa shape index (κ1) is 19.8. The number of nitrogens with zero attached hydrogens (tertiary/aromatic N) is 5. The van der Waals surface area contributed by atoms with E-state index in [-0.39, 0.29) is 36.0 Å². The third-order valence-corrected chi connectivity index (χ3v) is 5.57. The average molecular weight is 430 g/mol. The molecule has 0 amide bonds. The number of rotatable bonds is 3. The summed E-state index contributed by atoms with van der Waals surface area (Å²) in [6, 6.07) is 8.77. The third-order valence-electron chi connectivity index (χ3n) is 5.57. The number of benzene rings is 1. The van der Waals surface area contributed by atoms with Gasteiger partial charge >= 0.3 is 6.18 Å². The van der Waals surface area contributed by atoms with Crippen molar-refractivity contribution >= 4 is 16.6 Å². The highest BCUT2D eigenvalue weighted by molar-refractivity contribution is 5.81. The van der Waals surface area contributed by atoms with E-state index < -0.39 is 18.0 Å². The van der Waals surface area contributed by atoms with E-state index in [0.29, 0.717) is 23.1 Å². The van der Waals surface area contributed by atoms with Crippen molar-refractivity contribution in [1.29, 1.82) is 0 Å². The summed E-state index contributed by atoms with van der Waals surface area (Å²) in [7, 11) is 0. The smallest absolute Gasteiger partial charge is 0.326 e. The van der Waals surface area contributed by atoms with Crippen molar-refractivity contribution < 1.29 is 17.6 Å². The molecule has 5 rings (SSSR count). The predicted octanol–water partition coefficient (Wildman–Crippen LogP) is 3.72. The monoisotopic (exact) mass is 430 g/mol. The van der Waals surface area contributed by atoms with Crippen molar-refractivity contribution in [3.05, 3.63) is 60.0 Å². The number of hydrogen-bond donors (Lipinski definition) is 1. The Morgan fingerprint density at radius 2 is 1.90 bits per heavy atom. The number of alkyl halides is 3. The summed E-state index contributed by atoms with van der Waals surface area (Å²) in [5.41, 5.74) is 6.74. The first-order valence-corrected chi connectivity index (χ1v) is 9.78. The van der Waals surface area contributed by atoms with Crippen LogP contribution in [0, 0.1) is 5.82 Å². The summed E-state index contributed by atoms with van der Waals surface area (Å²) >= 11 is 0. The summed E-state index contributed by atoms with van der Waals surface area (Å²) in [5.74, 6) is -0.252. The summed E-state index contributed by atoms with van der Waals surface area (Å²) in [6.07, 6.45) is -2.59. The summed E-state index contributed by atoms with van der Waals surface area (Å²) in [6.45, 7) is 0.437. The zero-order valence-electron chi connectivity index (χ0n) is 16.2. The highest BCUT2D eigenvalue weighted by Gasteiger charge is 2.46. The summed E-state index contributed by atoms with van der Waals surface area (Å²) < 4.78 is 57.6. The van der Waals surface area contributed by atoms with E-state index >= 15 is 0 Å². The van der Waals surface area contributed by atoms with Crippen LogP contribution in [-0.2, 0) is 0 Å². The van der Waals surface area contributed by atoms with E-state index in [1.54, 1.807) is 24.3 Å². The van der Waals surface area contributed by atoms with Gasteiger partial charge < -0.3 is 5.73 Å². The van der Waals surface area contributed by atoms with E-state index in [1.807, 2.05) is 0 Å². The molecule has 160 valence electrons. The Hall–Kier alpha value is -3.11. The maximum atomic E-state index is 14.2. The Morgan fingerprint density at radius 1 is 1.06 bits per heavy atom. The number of aromatic nitrogens is 4. The first-order chi connectivity index (χ1) is 14.8. The molecular formula is C21H18F4N6. The Kier molecular flexibility index (Phi) is 4.63. The third kappa shape index (κ3) is 3.51. The molecule has 1 aliphatic heterocycles. The Bertz CT molecular complexity index is 1270. The number of para-hydroxylation sites is 1. The fourth-order valence-corrected chi connectivity index (χ4v) is 4.14. The molecule has 2 atom stereocenters. The lowest BCUT2D eigenvalue weighted by atomic mass is 10.1. The Labute approximate surface area is 174 Å². The molecule has 0 spiro atoms. The maximum Gasteiger partial charge on any atom is 0.408 e. The van der Waals surface area contributed by atoms with Crippen molar-refractivity contribution in [1.82, 2.24) is 24.5 Å². The molecule has 2 N–H and O–H groups in total. The predicted molar refractivity (Wildman–Crippen MR) is 107 cm³/mol. The molecule has 0 aliphatic carbocycles. The zero-order valence-corrected chi connectivity index (χ0v) is 16.2. The van der Waals surface area contributed by atoms with Crippen molar-refractivity contribution in [3.8, 4) is 11.5 Å². The van der Waals surface area contributed by atoms with Crippen LogP contribution in [0.4, 0.5) is 17.6 Å². The van der Waals surface area contributed by atoms with Gasteiger partial charge in [-0.25, -0.2) is 9.37 Å². The second-order valence-corrected chi connectivity index (χ2v) is 7.71. The topological polar surface area (TPSA) is 72.3 Å². The molecule has 1 saturated heterocycles. The van der Waals surface area contributed by atoms with Gasteiger partial charge in [-0.3, -0.25) is 9.30 Å². The van der Waals surface area contributed by atoms with Gasteiger partial charge in [-0.05, 0) is 30.2 Å². The number of halogens is 4. The van der Waals surface area contributed by atoms with Crippen LogP contribution in [0.1, 0.15) is 18.0 Å². The molecule has 1 aromatic carbocycles. The number of hydrogen-bond acceptors (Lipinski definition) is 5. The molecule has 0 bridgehead atoms. The molecule has 6 nitrogen and oxygen atoms in total. The minimum Gasteiger partial charge on any atom is -0.326 e. The van der Waals surface area contributed by atoms with E-state index in [0.717, 1.165) is 0 Å². The van der Waals surface area contributed by atoms with Crippen LogP contribution in [0.15, 0.2) is 48.7 Å². The van der Waals surface area contributed by atoms with Gasteiger partial charge in [0.15, 0.2) is 11.5 Å². The molecule has 31 heavy (non-hydrogen) atoms. The van der Waals surface area contributed by atoms with E-state index in [4.69, 9.17) is 5.73 Å². The van der Waals surface area contributed by atoms with Gasteiger partial charge in [-0.15, -0.1) is 10.2 Å². The molecule has 4 heterocycles. The number of pyridine rings is 2. The van der Waals surface area contributed by atoms with Crippen LogP contribution in [0.5, 0.6) is 0 Å². The molecule has 4 aromatic rings. The normalized spacial score (nSPS) is 18.8. The molecule has 0 unspecified atom stereocenters. The molecule has 0 saturated carbocycles. The lowest BCUT2D eigenvalue weighted by molar-refractivity contribution is -0.183. The minimum atomic E-state index is -4.48. The highest BCUT2D eigenvalue weighted by atomic mass is 19.4. The van der Waals surface area contributed by atoms with Gasteiger partial charge in [0, 0.05) is 30.7 Å². The second-order valence-electron chi connectivity index (χ2n) is 7.71. The van der Waals surface area contributed by atoms with Gasteiger partial charge in [-0.1, -0.05) is 24.3 Å². The maximum absolute atomic E-state index is 14.2. The van der Waals surface area contributed by atoms with Gasteiger partial charge in [0.1, 0.15) is 23.1 Å². The largest absolute Gasteiger partial charge is 0.408 e. The Balaban J connectivity index is 1.62. The van der Waals surface area contributed by atoms with Crippen LogP contribution in [0.3, 0.4) is 0 Å². The SMILES string of the molecule is N[C@H]1CCN([C@H](c2ccc3nnc(-c4ccc5cccc(F)c5n4)n3c2)C(F)(F)F)C1. The standard InChI is InChI=1S/C21H18F4N6/c22-15-3-1-2-12-4-6-16(27-18(12)15)20-29-28-17-7-5-13(10-31(17)20)19(21(23,24)25)30-9-8-14(26)11-30/h1-7,10,14,19H,8-9,11,26H2/t14-,19+/m0/s1. The fourth-order valence-electron chi connectivity index (χ4n) is 4.14. The van der Waals surface area contributed by atoms with Crippen LogP contribution in [-0.4, -0.2) is 49.8 Å². The average Bonchev–Trinajstić information content (AvgIpc) is 3.33. The molecule has 3 aromatic heterocycles. The number of nitrogens with two attached hydrogens (primary N) is 1. The lowest BCUT2D eigenvalue weighted by Crippen LogP contribution is -2.38. The Morgan fingerprint density at radius 3 is 2.65 bits per heavy atom. The number of fused-ring (bicyclic) bond motifs is 2. The van der Waals surface area contributed by atoms with Gasteiger partial charge in [0.05, 0.1) is 0 Å². The van der Waals surface area contributed by atoms with Gasteiger partial charge in [0.2, 0.25) is 0 Å². The summed E-state index contributed by atoms with van der Waals surface area (Å²) in [5, 5.41) is 8.73. The van der Waals surface area contributed by atoms with Crippen LogP contribution < -0.4 is 5.73 Å². The fraction of sp³-hybridized carbons (Fsp3) is 0.286. The molecule has 10 heteroatoms. The molecular weight excluding hydrogens is 412 g/mol. The van der Waals surface area contributed by atoms with Gasteiger partial charge in [-0.2, -0.15) is 13.2 Å². The van der Waals surface area contributed by atoms with E-state index in [2.05, 4.69) is 15.2 Å². The number of likely N-dealkylation sites (tertiary alicyclic amines) is 1.